The highest BCUT2D eigenvalue weighted by Crippen LogP contribution is 2.27. The predicted octanol–water partition coefficient (Wildman–Crippen LogP) is 2.81. The van der Waals surface area contributed by atoms with Gasteiger partial charge in [-0.25, -0.2) is 0 Å². The van der Waals surface area contributed by atoms with Gasteiger partial charge in [0, 0.05) is 38.3 Å². The van der Waals surface area contributed by atoms with Crippen LogP contribution in [0.3, 0.4) is 0 Å². The summed E-state index contributed by atoms with van der Waals surface area (Å²) in [6.45, 7) is 5.84. The summed E-state index contributed by atoms with van der Waals surface area (Å²) < 4.78 is 0. The molecule has 1 aromatic rings. The van der Waals surface area contributed by atoms with E-state index in [1.807, 2.05) is 26.2 Å². The van der Waals surface area contributed by atoms with Crippen molar-refractivity contribution in [3.8, 4) is 0 Å². The molecule has 4 nitrogen and oxygen atoms in total. The molecule has 0 radical (unpaired) electrons. The number of benzene rings is 1. The van der Waals surface area contributed by atoms with Gasteiger partial charge in [0.15, 0.2) is 0 Å². The standard InChI is InChI=1S/C17H27N3O.2ClH/c1-4-20(16-9-10-16)13-14-5-7-15(8-6-14)17(21)19(3)12-11-18-2;;/h5-8,16,18H,4,9-13H2,1-3H3;2*1H. The number of nitrogens with zero attached hydrogens (tertiary/aromatic N) is 2. The van der Waals surface area contributed by atoms with E-state index in [1.54, 1.807) is 4.90 Å². The summed E-state index contributed by atoms with van der Waals surface area (Å²) in [4.78, 5) is 16.5. The third-order valence-corrected chi connectivity index (χ3v) is 4.10. The molecule has 0 aromatic heterocycles. The van der Waals surface area contributed by atoms with Crippen molar-refractivity contribution < 1.29 is 4.79 Å². The van der Waals surface area contributed by atoms with Gasteiger partial charge < -0.3 is 10.2 Å². The van der Waals surface area contributed by atoms with Crippen LogP contribution in [-0.4, -0.2) is 55.5 Å². The van der Waals surface area contributed by atoms with Crippen LogP contribution in [0.15, 0.2) is 24.3 Å². The van der Waals surface area contributed by atoms with E-state index in [2.05, 4.69) is 29.3 Å². The molecule has 1 fully saturated rings. The Balaban J connectivity index is 0.00000242. The fourth-order valence-corrected chi connectivity index (χ4v) is 2.53. The topological polar surface area (TPSA) is 35.6 Å². The van der Waals surface area contributed by atoms with Crippen molar-refractivity contribution >= 4 is 30.7 Å². The molecule has 132 valence electrons. The average molecular weight is 362 g/mol. The monoisotopic (exact) mass is 361 g/mol. The van der Waals surface area contributed by atoms with E-state index in [9.17, 15) is 4.79 Å². The highest BCUT2D eigenvalue weighted by molar-refractivity contribution is 5.94. The summed E-state index contributed by atoms with van der Waals surface area (Å²) >= 11 is 0. The molecule has 6 heteroatoms. The molecule has 1 saturated carbocycles. The lowest BCUT2D eigenvalue weighted by Gasteiger charge is -2.20. The molecule has 1 amide bonds. The molecule has 1 N–H and O–H groups in total. The fourth-order valence-electron chi connectivity index (χ4n) is 2.53. The van der Waals surface area contributed by atoms with Crippen molar-refractivity contribution in [2.75, 3.05) is 33.7 Å². The zero-order chi connectivity index (χ0) is 15.2. The second kappa shape index (κ2) is 10.9. The summed E-state index contributed by atoms with van der Waals surface area (Å²) in [7, 11) is 3.74. The number of amides is 1. The molecule has 1 aromatic carbocycles. The van der Waals surface area contributed by atoms with Crippen molar-refractivity contribution in [2.45, 2.75) is 32.4 Å². The maximum atomic E-state index is 12.2. The third-order valence-electron chi connectivity index (χ3n) is 4.10. The molecule has 23 heavy (non-hydrogen) atoms. The van der Waals surface area contributed by atoms with Crippen LogP contribution in [0.5, 0.6) is 0 Å². The molecule has 0 aliphatic heterocycles. The van der Waals surface area contributed by atoms with E-state index in [0.29, 0.717) is 0 Å². The number of hydrogen-bond donors (Lipinski definition) is 1. The minimum atomic E-state index is 0. The van der Waals surface area contributed by atoms with E-state index in [0.717, 1.165) is 37.8 Å². The summed E-state index contributed by atoms with van der Waals surface area (Å²) in [5.74, 6) is 0.0892. The molecule has 0 atom stereocenters. The summed E-state index contributed by atoms with van der Waals surface area (Å²) in [6.07, 6.45) is 2.67. The first kappa shape index (κ1) is 22.2. The largest absolute Gasteiger partial charge is 0.340 e. The smallest absolute Gasteiger partial charge is 0.253 e. The van der Waals surface area contributed by atoms with Crippen molar-refractivity contribution in [1.82, 2.24) is 15.1 Å². The molecule has 0 spiro atoms. The molecule has 1 aliphatic carbocycles. The Morgan fingerprint density at radius 3 is 2.30 bits per heavy atom. The maximum absolute atomic E-state index is 12.2. The van der Waals surface area contributed by atoms with Gasteiger partial charge in [0.1, 0.15) is 0 Å². The quantitative estimate of drug-likeness (QED) is 0.773. The Morgan fingerprint density at radius 2 is 1.83 bits per heavy atom. The summed E-state index contributed by atoms with van der Waals surface area (Å²) in [6, 6.07) is 8.86. The van der Waals surface area contributed by atoms with E-state index >= 15 is 0 Å². The van der Waals surface area contributed by atoms with Crippen LogP contribution in [0, 0.1) is 0 Å². The van der Waals surface area contributed by atoms with E-state index < -0.39 is 0 Å². The lowest BCUT2D eigenvalue weighted by Crippen LogP contribution is -2.32. The highest BCUT2D eigenvalue weighted by Gasteiger charge is 2.27. The van der Waals surface area contributed by atoms with Gasteiger partial charge in [-0.15, -0.1) is 24.8 Å². The van der Waals surface area contributed by atoms with Crippen LogP contribution in [0.1, 0.15) is 35.7 Å². The number of rotatable bonds is 8. The number of halogens is 2. The fraction of sp³-hybridized carbons (Fsp3) is 0.588. The highest BCUT2D eigenvalue weighted by atomic mass is 35.5. The molecular formula is C17H29Cl2N3O. The normalized spacial score (nSPS) is 13.2. The molecule has 2 rings (SSSR count). The Morgan fingerprint density at radius 1 is 1.22 bits per heavy atom. The first-order chi connectivity index (χ1) is 10.2. The summed E-state index contributed by atoms with van der Waals surface area (Å²) in [5, 5.41) is 3.06. The Kier molecular flexibility index (Phi) is 10.5. The number of hydrogen-bond acceptors (Lipinski definition) is 3. The van der Waals surface area contributed by atoms with Gasteiger partial charge in [-0.05, 0) is 44.1 Å². The van der Waals surface area contributed by atoms with E-state index in [1.165, 1.54) is 18.4 Å². The van der Waals surface area contributed by atoms with Gasteiger partial charge in [-0.1, -0.05) is 19.1 Å². The average Bonchev–Trinajstić information content (AvgIpc) is 3.35. The zero-order valence-corrected chi connectivity index (χ0v) is 15.9. The molecule has 0 saturated heterocycles. The van der Waals surface area contributed by atoms with Crippen molar-refractivity contribution in [3.63, 3.8) is 0 Å². The van der Waals surface area contributed by atoms with E-state index in [4.69, 9.17) is 0 Å². The van der Waals surface area contributed by atoms with Crippen LogP contribution in [0.25, 0.3) is 0 Å². The van der Waals surface area contributed by atoms with Gasteiger partial charge in [-0.3, -0.25) is 9.69 Å². The molecule has 0 unspecified atom stereocenters. The van der Waals surface area contributed by atoms with E-state index in [-0.39, 0.29) is 30.7 Å². The molecule has 1 aliphatic rings. The Hall–Kier alpha value is -0.810. The molecule has 0 bridgehead atoms. The second-order valence-corrected chi connectivity index (χ2v) is 5.82. The molecule has 0 heterocycles. The third kappa shape index (κ3) is 6.68. The maximum Gasteiger partial charge on any atom is 0.253 e. The first-order valence-electron chi connectivity index (χ1n) is 7.88. The number of likely N-dealkylation sites (N-methyl/N-ethyl adjacent to an activating group) is 2. The van der Waals surface area contributed by atoms with Crippen LogP contribution in [-0.2, 0) is 6.54 Å². The van der Waals surface area contributed by atoms with Gasteiger partial charge in [-0.2, -0.15) is 0 Å². The Bertz CT molecular complexity index is 463. The minimum Gasteiger partial charge on any atom is -0.340 e. The second-order valence-electron chi connectivity index (χ2n) is 5.82. The van der Waals surface area contributed by atoms with Crippen molar-refractivity contribution in [1.29, 1.82) is 0 Å². The van der Waals surface area contributed by atoms with Gasteiger partial charge in [0.05, 0.1) is 0 Å². The van der Waals surface area contributed by atoms with Gasteiger partial charge in [0.25, 0.3) is 5.91 Å². The lowest BCUT2D eigenvalue weighted by atomic mass is 10.1. The number of nitrogens with one attached hydrogen (secondary N) is 1. The SMILES string of the molecule is CCN(Cc1ccc(C(=O)N(C)CCNC)cc1)C1CC1.Cl.Cl. The first-order valence-corrected chi connectivity index (χ1v) is 7.88. The Labute approximate surface area is 152 Å². The minimum absolute atomic E-state index is 0. The van der Waals surface area contributed by atoms with Crippen LogP contribution in [0.2, 0.25) is 0 Å². The number of carbonyl (C=O) groups is 1. The lowest BCUT2D eigenvalue weighted by molar-refractivity contribution is 0.0797. The van der Waals surface area contributed by atoms with Crippen LogP contribution in [0.4, 0.5) is 0 Å². The van der Waals surface area contributed by atoms with Crippen LogP contribution >= 0.6 is 24.8 Å². The van der Waals surface area contributed by atoms with Gasteiger partial charge in [0.2, 0.25) is 0 Å². The summed E-state index contributed by atoms with van der Waals surface area (Å²) in [5.41, 5.74) is 2.06. The van der Waals surface area contributed by atoms with Crippen molar-refractivity contribution in [3.05, 3.63) is 35.4 Å². The van der Waals surface area contributed by atoms with Gasteiger partial charge >= 0.3 is 0 Å². The van der Waals surface area contributed by atoms with Crippen LogP contribution < -0.4 is 5.32 Å². The number of carbonyl (C=O) groups excluding carboxylic acids is 1. The molecular weight excluding hydrogens is 333 g/mol. The zero-order valence-electron chi connectivity index (χ0n) is 14.2. The van der Waals surface area contributed by atoms with Crippen molar-refractivity contribution in [2.24, 2.45) is 0 Å². The predicted molar refractivity (Wildman–Crippen MR) is 101 cm³/mol.